The van der Waals surface area contributed by atoms with Crippen molar-refractivity contribution in [1.82, 2.24) is 30.8 Å². The van der Waals surface area contributed by atoms with Crippen molar-refractivity contribution in [1.29, 1.82) is 0 Å². The number of carbonyl (C=O) groups excluding carboxylic acids is 1. The molecule has 1 amide bonds. The number of tetrazole rings is 1. The minimum atomic E-state index is -0.0989. The van der Waals surface area contributed by atoms with Crippen LogP contribution < -0.4 is 10.6 Å². The number of carbonyl (C=O) groups is 1. The molecule has 0 atom stereocenters. The van der Waals surface area contributed by atoms with E-state index in [9.17, 15) is 4.79 Å². The van der Waals surface area contributed by atoms with E-state index in [1.165, 1.54) is 11.0 Å². The second-order valence-electron chi connectivity index (χ2n) is 4.31. The molecule has 0 bridgehead atoms. The molecule has 2 rings (SSSR count). The molecule has 1 aromatic heterocycles. The van der Waals surface area contributed by atoms with Crippen molar-refractivity contribution in [2.45, 2.75) is 13.3 Å². The molecule has 2 aromatic rings. The van der Waals surface area contributed by atoms with Crippen LogP contribution in [0.15, 0.2) is 30.6 Å². The number of aromatic nitrogens is 4. The number of rotatable bonds is 7. The molecule has 0 aliphatic heterocycles. The van der Waals surface area contributed by atoms with Crippen molar-refractivity contribution in [3.8, 4) is 5.69 Å². The Kier molecular flexibility index (Phi) is 5.19. The van der Waals surface area contributed by atoms with Gasteiger partial charge in [0.05, 0.1) is 5.69 Å². The molecule has 106 valence electrons. The quantitative estimate of drug-likeness (QED) is 0.714. The first-order chi connectivity index (χ1) is 9.81. The first-order valence-electron chi connectivity index (χ1n) is 6.63. The number of nitrogens with zero attached hydrogens (tertiary/aromatic N) is 4. The van der Waals surface area contributed by atoms with Gasteiger partial charge in [-0.25, -0.2) is 4.68 Å². The summed E-state index contributed by atoms with van der Waals surface area (Å²) >= 11 is 0. The summed E-state index contributed by atoms with van der Waals surface area (Å²) in [6.45, 7) is 4.45. The Morgan fingerprint density at radius 1 is 1.30 bits per heavy atom. The maximum absolute atomic E-state index is 12.0. The molecular formula is C13H18N6O. The van der Waals surface area contributed by atoms with Gasteiger partial charge in [-0.2, -0.15) is 0 Å². The molecule has 20 heavy (non-hydrogen) atoms. The smallest absolute Gasteiger partial charge is 0.251 e. The predicted molar refractivity (Wildman–Crippen MR) is 74.6 cm³/mol. The van der Waals surface area contributed by atoms with Gasteiger partial charge in [-0.05, 0) is 41.6 Å². The Labute approximate surface area is 117 Å². The molecule has 0 spiro atoms. The zero-order valence-electron chi connectivity index (χ0n) is 11.4. The number of benzene rings is 1. The first kappa shape index (κ1) is 14.1. The lowest BCUT2D eigenvalue weighted by atomic mass is 10.2. The second-order valence-corrected chi connectivity index (χ2v) is 4.31. The van der Waals surface area contributed by atoms with Crippen LogP contribution in [0.25, 0.3) is 5.69 Å². The molecule has 7 nitrogen and oxygen atoms in total. The van der Waals surface area contributed by atoms with E-state index >= 15 is 0 Å². The average molecular weight is 274 g/mol. The van der Waals surface area contributed by atoms with Crippen LogP contribution in [0.2, 0.25) is 0 Å². The summed E-state index contributed by atoms with van der Waals surface area (Å²) in [5, 5.41) is 17.0. The van der Waals surface area contributed by atoms with E-state index in [0.717, 1.165) is 25.2 Å². The number of hydrogen-bond donors (Lipinski definition) is 2. The number of amides is 1. The average Bonchev–Trinajstić information content (AvgIpc) is 3.01. The zero-order valence-corrected chi connectivity index (χ0v) is 11.4. The van der Waals surface area contributed by atoms with E-state index in [4.69, 9.17) is 0 Å². The largest absolute Gasteiger partial charge is 0.351 e. The Morgan fingerprint density at radius 3 is 2.95 bits per heavy atom. The van der Waals surface area contributed by atoms with E-state index < -0.39 is 0 Å². The van der Waals surface area contributed by atoms with E-state index in [1.807, 2.05) is 6.07 Å². The van der Waals surface area contributed by atoms with Crippen LogP contribution in [-0.4, -0.2) is 45.7 Å². The summed E-state index contributed by atoms with van der Waals surface area (Å²) in [7, 11) is 0. The Morgan fingerprint density at radius 2 is 2.20 bits per heavy atom. The van der Waals surface area contributed by atoms with Gasteiger partial charge in [0.25, 0.3) is 5.91 Å². The lowest BCUT2D eigenvalue weighted by molar-refractivity contribution is 0.0954. The molecule has 1 heterocycles. The van der Waals surface area contributed by atoms with E-state index in [2.05, 4.69) is 33.1 Å². The van der Waals surface area contributed by atoms with Crippen molar-refractivity contribution in [3.05, 3.63) is 36.2 Å². The van der Waals surface area contributed by atoms with Crippen molar-refractivity contribution < 1.29 is 4.79 Å². The van der Waals surface area contributed by atoms with Crippen LogP contribution in [0.1, 0.15) is 23.7 Å². The molecule has 0 saturated heterocycles. The predicted octanol–water partition coefficient (Wildman–Crippen LogP) is 0.392. The Hall–Kier alpha value is -2.28. The van der Waals surface area contributed by atoms with Gasteiger partial charge in [0.1, 0.15) is 6.33 Å². The molecule has 0 radical (unpaired) electrons. The van der Waals surface area contributed by atoms with Crippen LogP contribution in [0.5, 0.6) is 0 Å². The summed E-state index contributed by atoms with van der Waals surface area (Å²) in [6, 6.07) is 7.17. The maximum Gasteiger partial charge on any atom is 0.251 e. The van der Waals surface area contributed by atoms with Crippen molar-refractivity contribution in [2.24, 2.45) is 0 Å². The highest BCUT2D eigenvalue weighted by atomic mass is 16.1. The summed E-state index contributed by atoms with van der Waals surface area (Å²) in [6.07, 6.45) is 2.58. The highest BCUT2D eigenvalue weighted by Crippen LogP contribution is 2.08. The number of nitrogens with one attached hydrogen (secondary N) is 2. The molecular weight excluding hydrogens is 256 g/mol. The molecule has 0 aliphatic rings. The van der Waals surface area contributed by atoms with Crippen LogP contribution in [0.4, 0.5) is 0 Å². The summed E-state index contributed by atoms with van der Waals surface area (Å²) in [5.41, 5.74) is 1.35. The fourth-order valence-corrected chi connectivity index (χ4v) is 1.74. The van der Waals surface area contributed by atoms with Gasteiger partial charge < -0.3 is 10.6 Å². The zero-order chi connectivity index (χ0) is 14.2. The molecule has 0 unspecified atom stereocenters. The van der Waals surface area contributed by atoms with Gasteiger partial charge in [-0.15, -0.1) is 5.10 Å². The molecule has 1 aromatic carbocycles. The van der Waals surface area contributed by atoms with Gasteiger partial charge in [0.2, 0.25) is 0 Å². The van der Waals surface area contributed by atoms with Crippen LogP contribution in [0.3, 0.4) is 0 Å². The van der Waals surface area contributed by atoms with Crippen LogP contribution in [-0.2, 0) is 0 Å². The third kappa shape index (κ3) is 3.86. The molecule has 0 aliphatic carbocycles. The highest BCUT2D eigenvalue weighted by Gasteiger charge is 2.06. The summed E-state index contributed by atoms with van der Waals surface area (Å²) < 4.78 is 1.51. The minimum absolute atomic E-state index is 0.0989. The Balaban J connectivity index is 1.92. The van der Waals surface area contributed by atoms with Crippen LogP contribution in [0, 0.1) is 0 Å². The maximum atomic E-state index is 12.0. The van der Waals surface area contributed by atoms with Gasteiger partial charge >= 0.3 is 0 Å². The monoisotopic (exact) mass is 274 g/mol. The normalized spacial score (nSPS) is 10.4. The molecule has 7 heteroatoms. The van der Waals surface area contributed by atoms with Gasteiger partial charge in [-0.1, -0.05) is 13.0 Å². The van der Waals surface area contributed by atoms with Gasteiger partial charge in [-0.3, -0.25) is 4.79 Å². The summed E-state index contributed by atoms with van der Waals surface area (Å²) in [4.78, 5) is 12.0. The van der Waals surface area contributed by atoms with E-state index in [0.29, 0.717) is 12.1 Å². The highest BCUT2D eigenvalue weighted by molar-refractivity contribution is 5.94. The van der Waals surface area contributed by atoms with Crippen molar-refractivity contribution >= 4 is 5.91 Å². The Bertz CT molecular complexity index is 540. The van der Waals surface area contributed by atoms with Crippen LogP contribution >= 0.6 is 0 Å². The summed E-state index contributed by atoms with van der Waals surface area (Å²) in [5.74, 6) is -0.0989. The molecule has 0 fully saturated rings. The van der Waals surface area contributed by atoms with E-state index in [1.54, 1.807) is 18.2 Å². The van der Waals surface area contributed by atoms with Crippen molar-refractivity contribution in [2.75, 3.05) is 19.6 Å². The van der Waals surface area contributed by atoms with E-state index in [-0.39, 0.29) is 5.91 Å². The first-order valence-corrected chi connectivity index (χ1v) is 6.63. The number of hydrogen-bond acceptors (Lipinski definition) is 5. The van der Waals surface area contributed by atoms with Crippen molar-refractivity contribution in [3.63, 3.8) is 0 Å². The third-order valence-electron chi connectivity index (χ3n) is 2.74. The lowest BCUT2D eigenvalue weighted by Crippen LogP contribution is -2.32. The fourth-order valence-electron chi connectivity index (χ4n) is 1.74. The molecule has 2 N–H and O–H groups in total. The standard InChI is InChI=1S/C13H18N6O/c1-2-6-14-7-8-15-13(20)11-4-3-5-12(9-11)19-10-16-17-18-19/h3-5,9-10,14H,2,6-8H2,1H3,(H,15,20). The molecule has 0 saturated carbocycles. The van der Waals surface area contributed by atoms with Gasteiger partial charge in [0.15, 0.2) is 0 Å². The SMILES string of the molecule is CCCNCCNC(=O)c1cccc(-n2cnnn2)c1. The third-order valence-corrected chi connectivity index (χ3v) is 2.74. The fraction of sp³-hybridized carbons (Fsp3) is 0.385. The topological polar surface area (TPSA) is 84.7 Å². The minimum Gasteiger partial charge on any atom is -0.351 e. The second kappa shape index (κ2) is 7.34. The lowest BCUT2D eigenvalue weighted by Gasteiger charge is -2.07. The van der Waals surface area contributed by atoms with Gasteiger partial charge in [0, 0.05) is 18.7 Å².